The van der Waals surface area contributed by atoms with Gasteiger partial charge in [-0.05, 0) is 19.1 Å². The van der Waals surface area contributed by atoms with E-state index in [0.29, 0.717) is 29.7 Å². The second-order valence-electron chi connectivity index (χ2n) is 6.20. The number of nitrogens with one attached hydrogen (secondary N) is 1. The first-order valence-corrected chi connectivity index (χ1v) is 8.51. The molecule has 0 saturated heterocycles. The standard InChI is InChI=1S/C19H19N5O3/c1-11-16-13(12-6-4-7-14(26-2)17(12)27-3)10-15(25)22-18(16)24(23-11)19-20-8-5-9-21-19/h4-9,13H,10H2,1-3H3,(H,22,25)/t13-/m1/s1. The number of aromatic nitrogens is 4. The number of amides is 1. The maximum atomic E-state index is 12.5. The summed E-state index contributed by atoms with van der Waals surface area (Å²) in [4.78, 5) is 21.0. The second kappa shape index (κ2) is 6.71. The minimum atomic E-state index is -0.212. The van der Waals surface area contributed by atoms with Gasteiger partial charge in [-0.15, -0.1) is 0 Å². The number of anilines is 1. The van der Waals surface area contributed by atoms with Crippen molar-refractivity contribution >= 4 is 11.7 Å². The molecule has 0 bridgehead atoms. The number of rotatable bonds is 4. The summed E-state index contributed by atoms with van der Waals surface area (Å²) >= 11 is 0. The monoisotopic (exact) mass is 365 g/mol. The number of ether oxygens (including phenoxy) is 2. The summed E-state index contributed by atoms with van der Waals surface area (Å²) in [6, 6.07) is 7.40. The molecule has 3 heterocycles. The number of para-hydroxylation sites is 1. The van der Waals surface area contributed by atoms with Crippen LogP contribution in [0.1, 0.15) is 29.2 Å². The van der Waals surface area contributed by atoms with Crippen LogP contribution in [0.3, 0.4) is 0 Å². The van der Waals surface area contributed by atoms with Crippen molar-refractivity contribution < 1.29 is 14.3 Å². The molecule has 0 saturated carbocycles. The van der Waals surface area contributed by atoms with Crippen LogP contribution in [0.5, 0.6) is 11.5 Å². The molecule has 1 aliphatic rings. The summed E-state index contributed by atoms with van der Waals surface area (Å²) < 4.78 is 12.6. The smallest absolute Gasteiger partial charge is 0.252 e. The zero-order valence-corrected chi connectivity index (χ0v) is 15.3. The highest BCUT2D eigenvalue weighted by atomic mass is 16.5. The van der Waals surface area contributed by atoms with Crippen LogP contribution in [0.25, 0.3) is 5.95 Å². The normalized spacial score (nSPS) is 15.8. The Bertz CT molecular complexity index is 1000. The average molecular weight is 365 g/mol. The van der Waals surface area contributed by atoms with E-state index in [4.69, 9.17) is 9.47 Å². The van der Waals surface area contributed by atoms with E-state index in [9.17, 15) is 4.79 Å². The fourth-order valence-electron chi connectivity index (χ4n) is 3.54. The molecule has 27 heavy (non-hydrogen) atoms. The number of hydrogen-bond acceptors (Lipinski definition) is 6. The predicted octanol–water partition coefficient (Wildman–Crippen LogP) is 2.46. The lowest BCUT2D eigenvalue weighted by atomic mass is 9.85. The minimum Gasteiger partial charge on any atom is -0.493 e. The molecular weight excluding hydrogens is 346 g/mol. The maximum Gasteiger partial charge on any atom is 0.252 e. The Hall–Kier alpha value is -3.42. The predicted molar refractivity (Wildman–Crippen MR) is 98.5 cm³/mol. The van der Waals surface area contributed by atoms with Crippen LogP contribution >= 0.6 is 0 Å². The van der Waals surface area contributed by atoms with E-state index in [2.05, 4.69) is 20.4 Å². The zero-order chi connectivity index (χ0) is 19.0. The molecule has 2 aromatic heterocycles. The Morgan fingerprint density at radius 2 is 1.93 bits per heavy atom. The van der Waals surface area contributed by atoms with Crippen molar-refractivity contribution in [2.75, 3.05) is 19.5 Å². The molecule has 1 aromatic carbocycles. The molecule has 4 rings (SSSR count). The maximum absolute atomic E-state index is 12.5. The number of fused-ring (bicyclic) bond motifs is 1. The molecule has 1 amide bonds. The van der Waals surface area contributed by atoms with Gasteiger partial charge in [-0.3, -0.25) is 4.79 Å². The summed E-state index contributed by atoms with van der Waals surface area (Å²) in [6.07, 6.45) is 3.57. The Morgan fingerprint density at radius 3 is 2.63 bits per heavy atom. The highest BCUT2D eigenvalue weighted by Crippen LogP contribution is 2.45. The van der Waals surface area contributed by atoms with Crippen LogP contribution in [0.2, 0.25) is 0 Å². The Kier molecular flexibility index (Phi) is 4.23. The SMILES string of the molecule is COc1cccc([C@H]2CC(=O)Nc3c2c(C)nn3-c2ncccn2)c1OC. The lowest BCUT2D eigenvalue weighted by molar-refractivity contribution is -0.116. The molecular formula is C19H19N5O3. The van der Waals surface area contributed by atoms with Crippen molar-refractivity contribution in [3.63, 3.8) is 0 Å². The molecule has 8 nitrogen and oxygen atoms in total. The summed E-state index contributed by atoms with van der Waals surface area (Å²) in [5.41, 5.74) is 2.60. The third kappa shape index (κ3) is 2.79. The summed E-state index contributed by atoms with van der Waals surface area (Å²) in [5, 5.41) is 7.50. The molecule has 1 aliphatic heterocycles. The highest BCUT2D eigenvalue weighted by molar-refractivity contribution is 5.95. The van der Waals surface area contributed by atoms with E-state index in [-0.39, 0.29) is 11.8 Å². The van der Waals surface area contributed by atoms with Crippen molar-refractivity contribution in [3.05, 3.63) is 53.5 Å². The van der Waals surface area contributed by atoms with E-state index < -0.39 is 0 Å². The summed E-state index contributed by atoms with van der Waals surface area (Å²) in [5.74, 6) is 1.92. The van der Waals surface area contributed by atoms with Gasteiger partial charge in [0.15, 0.2) is 11.5 Å². The van der Waals surface area contributed by atoms with Crippen LogP contribution in [0.15, 0.2) is 36.7 Å². The number of hydrogen-bond donors (Lipinski definition) is 1. The number of carbonyl (C=O) groups excluding carboxylic acids is 1. The first-order valence-electron chi connectivity index (χ1n) is 8.51. The number of benzene rings is 1. The van der Waals surface area contributed by atoms with Crippen LogP contribution < -0.4 is 14.8 Å². The lowest BCUT2D eigenvalue weighted by Gasteiger charge is -2.26. The van der Waals surface area contributed by atoms with Crippen LogP contribution in [-0.2, 0) is 4.79 Å². The van der Waals surface area contributed by atoms with Gasteiger partial charge in [0.2, 0.25) is 5.91 Å². The van der Waals surface area contributed by atoms with Gasteiger partial charge in [0, 0.05) is 35.9 Å². The van der Waals surface area contributed by atoms with E-state index in [1.165, 1.54) is 0 Å². The lowest BCUT2D eigenvalue weighted by Crippen LogP contribution is -2.25. The van der Waals surface area contributed by atoms with Gasteiger partial charge < -0.3 is 14.8 Å². The Labute approximate surface area is 156 Å². The largest absolute Gasteiger partial charge is 0.493 e. The molecule has 0 spiro atoms. The van der Waals surface area contributed by atoms with Crippen molar-refractivity contribution in [3.8, 4) is 17.4 Å². The first kappa shape index (κ1) is 17.0. The summed E-state index contributed by atoms with van der Waals surface area (Å²) in [6.45, 7) is 1.91. The molecule has 0 fully saturated rings. The second-order valence-corrected chi connectivity index (χ2v) is 6.20. The van der Waals surface area contributed by atoms with Gasteiger partial charge in [0.1, 0.15) is 5.82 Å². The van der Waals surface area contributed by atoms with E-state index in [1.807, 2.05) is 25.1 Å². The molecule has 1 N–H and O–H groups in total. The Balaban J connectivity index is 1.91. The molecule has 0 radical (unpaired) electrons. The summed E-state index contributed by atoms with van der Waals surface area (Å²) in [7, 11) is 3.19. The Morgan fingerprint density at radius 1 is 1.15 bits per heavy atom. The topological polar surface area (TPSA) is 91.2 Å². The third-order valence-electron chi connectivity index (χ3n) is 4.65. The number of aryl methyl sites for hydroxylation is 1. The van der Waals surface area contributed by atoms with E-state index in [0.717, 1.165) is 16.8 Å². The molecule has 1 atom stereocenters. The van der Waals surface area contributed by atoms with E-state index >= 15 is 0 Å². The molecule has 8 heteroatoms. The molecule has 0 unspecified atom stereocenters. The highest BCUT2D eigenvalue weighted by Gasteiger charge is 2.35. The van der Waals surface area contributed by atoms with Crippen molar-refractivity contribution in [1.29, 1.82) is 0 Å². The van der Waals surface area contributed by atoms with Crippen LogP contribution in [-0.4, -0.2) is 39.9 Å². The van der Waals surface area contributed by atoms with E-state index in [1.54, 1.807) is 37.4 Å². The molecule has 0 aliphatic carbocycles. The minimum absolute atomic E-state index is 0.102. The first-order chi connectivity index (χ1) is 13.1. The number of nitrogens with zero attached hydrogens (tertiary/aromatic N) is 4. The zero-order valence-electron chi connectivity index (χ0n) is 15.3. The van der Waals surface area contributed by atoms with Crippen LogP contribution in [0, 0.1) is 6.92 Å². The number of methoxy groups -OCH3 is 2. The molecule has 3 aromatic rings. The molecule has 138 valence electrons. The van der Waals surface area contributed by atoms with Crippen LogP contribution in [0.4, 0.5) is 5.82 Å². The van der Waals surface area contributed by atoms with Gasteiger partial charge >= 0.3 is 0 Å². The van der Waals surface area contributed by atoms with Crippen molar-refractivity contribution in [2.24, 2.45) is 0 Å². The van der Waals surface area contributed by atoms with Gasteiger partial charge in [-0.25, -0.2) is 9.97 Å². The van der Waals surface area contributed by atoms with Gasteiger partial charge in [-0.1, -0.05) is 12.1 Å². The van der Waals surface area contributed by atoms with Gasteiger partial charge in [0.25, 0.3) is 5.95 Å². The fourth-order valence-corrected chi connectivity index (χ4v) is 3.54. The van der Waals surface area contributed by atoms with Gasteiger partial charge in [-0.2, -0.15) is 9.78 Å². The fraction of sp³-hybridized carbons (Fsp3) is 0.263. The van der Waals surface area contributed by atoms with Crippen molar-refractivity contribution in [2.45, 2.75) is 19.3 Å². The number of carbonyl (C=O) groups is 1. The van der Waals surface area contributed by atoms with Crippen molar-refractivity contribution in [1.82, 2.24) is 19.7 Å². The third-order valence-corrected chi connectivity index (χ3v) is 4.65. The van der Waals surface area contributed by atoms with Gasteiger partial charge in [0.05, 0.1) is 19.9 Å². The average Bonchev–Trinajstić information content (AvgIpc) is 3.03. The quantitative estimate of drug-likeness (QED) is 0.764.